The van der Waals surface area contributed by atoms with E-state index in [0.29, 0.717) is 12.1 Å². The zero-order chi connectivity index (χ0) is 38.7. The lowest BCUT2D eigenvalue weighted by Gasteiger charge is -2.21. The van der Waals surface area contributed by atoms with Gasteiger partial charge in [0.25, 0.3) is 0 Å². The second-order valence-corrected chi connectivity index (χ2v) is 18.0. The van der Waals surface area contributed by atoms with E-state index in [-0.39, 0.29) is 67.9 Å². The van der Waals surface area contributed by atoms with Crippen molar-refractivity contribution in [1.29, 1.82) is 0 Å². The molecule has 0 aliphatic heterocycles. The van der Waals surface area contributed by atoms with E-state index in [4.69, 9.17) is 0 Å². The lowest BCUT2D eigenvalue weighted by Crippen LogP contribution is -3.10. The molecule has 2 atom stereocenters. The normalized spacial score (nSPS) is 12.1. The predicted octanol–water partition coefficient (Wildman–Crippen LogP) is -5.80. The van der Waals surface area contributed by atoms with Crippen molar-refractivity contribution in [2.75, 3.05) is 77.7 Å². The molecule has 12 heteroatoms. The van der Waals surface area contributed by atoms with Crippen LogP contribution in [0.3, 0.4) is 0 Å². The number of benzene rings is 2. The highest BCUT2D eigenvalue weighted by molar-refractivity contribution is 8.76. The number of anilines is 2. The molecule has 0 aliphatic rings. The van der Waals surface area contributed by atoms with E-state index in [0.717, 1.165) is 13.1 Å². The van der Waals surface area contributed by atoms with E-state index in [1.165, 1.54) is 83.9 Å². The van der Waals surface area contributed by atoms with Gasteiger partial charge in [-0.05, 0) is 59.7 Å². The van der Waals surface area contributed by atoms with Crippen LogP contribution in [0.25, 0.3) is 24.3 Å². The van der Waals surface area contributed by atoms with Gasteiger partial charge >= 0.3 is 0 Å². The van der Waals surface area contributed by atoms with Crippen molar-refractivity contribution in [1.82, 2.24) is 0 Å². The van der Waals surface area contributed by atoms with Crippen LogP contribution in [-0.4, -0.2) is 80.0 Å². The third-order valence-corrected chi connectivity index (χ3v) is 12.9. The van der Waals surface area contributed by atoms with E-state index in [1.807, 2.05) is 0 Å². The molecule has 2 heterocycles. The van der Waals surface area contributed by atoms with Gasteiger partial charge in [0.2, 0.25) is 11.4 Å². The van der Waals surface area contributed by atoms with Crippen molar-refractivity contribution in [2.45, 2.75) is 63.7 Å². The molecule has 0 saturated heterocycles. The first-order valence-corrected chi connectivity index (χ1v) is 22.3. The minimum Gasteiger partial charge on any atom is -1.00 e. The van der Waals surface area contributed by atoms with Gasteiger partial charge < -0.3 is 87.5 Å². The number of rotatable bonds is 23. The summed E-state index contributed by atoms with van der Waals surface area (Å²) >= 11 is 0. The Labute approximate surface area is 402 Å². The summed E-state index contributed by atoms with van der Waals surface area (Å²) in [6.45, 7) is 2.10. The third-order valence-electron chi connectivity index (χ3n) is 10.4. The van der Waals surface area contributed by atoms with Crippen LogP contribution in [0.4, 0.5) is 11.4 Å². The Balaban J connectivity index is 0.00000812. The molecule has 0 saturated carbocycles. The number of pyridine rings is 2. The van der Waals surface area contributed by atoms with Crippen LogP contribution in [0, 0.1) is 0 Å². The van der Waals surface area contributed by atoms with Crippen molar-refractivity contribution in [3.63, 3.8) is 0 Å². The van der Waals surface area contributed by atoms with Crippen LogP contribution in [0.5, 0.6) is 0 Å². The zero-order valence-corrected chi connectivity index (χ0v) is 43.9. The monoisotopic (exact) mass is 1080 g/mol. The number of nitrogens with one attached hydrogen (secondary N) is 2. The number of aryl methyl sites for hydroxylation is 2. The van der Waals surface area contributed by atoms with Crippen molar-refractivity contribution >= 4 is 57.3 Å². The van der Waals surface area contributed by atoms with Crippen LogP contribution in [0.1, 0.15) is 61.0 Å². The highest BCUT2D eigenvalue weighted by Gasteiger charge is 2.19. The first kappa shape index (κ1) is 56.4. The largest absolute Gasteiger partial charge is 1.00 e. The summed E-state index contributed by atoms with van der Waals surface area (Å²) in [5.41, 5.74) is 7.41. The number of nitrogens with zero attached hydrogens (tertiary/aromatic N) is 4. The molecule has 2 aromatic heterocycles. The number of quaternary nitrogens is 2. The Bertz CT molecular complexity index is 1590. The summed E-state index contributed by atoms with van der Waals surface area (Å²) in [7, 11) is 21.8. The van der Waals surface area contributed by atoms with Gasteiger partial charge in [0, 0.05) is 126 Å². The van der Waals surface area contributed by atoms with Gasteiger partial charge in [0.15, 0.2) is 12.4 Å². The van der Waals surface area contributed by atoms with Gasteiger partial charge in [-0.25, -0.2) is 0 Å². The summed E-state index contributed by atoms with van der Waals surface area (Å²) in [4.78, 5) is 7.42. The van der Waals surface area contributed by atoms with Gasteiger partial charge in [-0.1, -0.05) is 45.9 Å². The van der Waals surface area contributed by atoms with Gasteiger partial charge in [0.1, 0.15) is 13.1 Å². The van der Waals surface area contributed by atoms with Gasteiger partial charge in [0.05, 0.1) is 40.3 Å². The Hall–Kier alpha value is -1.64. The third kappa shape index (κ3) is 20.3. The lowest BCUT2D eigenvalue weighted by molar-refractivity contribution is -0.886. The van der Waals surface area contributed by atoms with Crippen LogP contribution < -0.4 is 96.7 Å². The van der Waals surface area contributed by atoms with Gasteiger partial charge in [-0.3, -0.25) is 0 Å². The number of aromatic nitrogens is 2. The zero-order valence-electron chi connectivity index (χ0n) is 35.9. The minimum atomic E-state index is 0. The smallest absolute Gasteiger partial charge is 0.205 e. The molecule has 0 aliphatic carbocycles. The predicted molar refractivity (Wildman–Crippen MR) is 238 cm³/mol. The fraction of sp³-hybridized carbons (Fsp3) is 0.435. The summed E-state index contributed by atoms with van der Waals surface area (Å²) in [5.74, 6) is 2.44. The first-order chi connectivity index (χ1) is 26.1. The second kappa shape index (κ2) is 31.2. The number of hydrogen-bond acceptors (Lipinski definition) is 4. The Morgan fingerprint density at radius 2 is 0.862 bits per heavy atom. The molecule has 322 valence electrons. The molecule has 0 amide bonds. The van der Waals surface area contributed by atoms with Gasteiger partial charge in [-0.2, -0.15) is 9.13 Å². The molecule has 0 bridgehead atoms. The SMILES string of the molecule is CN(C)c1ccc(/C=C/c2cccc[n+]2CCCC(CCSSCCC(CCC[n+]2ccccc2/C=C/c2ccc(N(C)C)cc2)[NH+](C)C)[NH+](C)C)cc1.[Br-].[Br-].[Br-].[Br-]. The number of halogens is 4. The second-order valence-electron chi connectivity index (χ2n) is 15.3. The Kier molecular flexibility index (Phi) is 30.4. The van der Waals surface area contributed by atoms with E-state index in [1.54, 1.807) is 9.80 Å². The summed E-state index contributed by atoms with van der Waals surface area (Å²) in [6.07, 6.45) is 20.8. The maximum atomic E-state index is 2.40. The molecule has 4 aromatic rings. The van der Waals surface area contributed by atoms with E-state index < -0.39 is 0 Å². The van der Waals surface area contributed by atoms with Crippen LogP contribution >= 0.6 is 21.6 Å². The van der Waals surface area contributed by atoms with Crippen LogP contribution in [-0.2, 0) is 13.1 Å². The van der Waals surface area contributed by atoms with Gasteiger partial charge in [-0.15, -0.1) is 0 Å². The van der Waals surface area contributed by atoms with Crippen LogP contribution in [0.15, 0.2) is 97.3 Å². The van der Waals surface area contributed by atoms with E-state index in [9.17, 15) is 0 Å². The molecule has 2 N–H and O–H groups in total. The van der Waals surface area contributed by atoms with E-state index >= 15 is 0 Å². The summed E-state index contributed by atoms with van der Waals surface area (Å²) < 4.78 is 4.81. The van der Waals surface area contributed by atoms with Crippen molar-refractivity contribution in [3.05, 3.63) is 120 Å². The summed E-state index contributed by atoms with van der Waals surface area (Å²) in [5, 5.41) is 0. The highest BCUT2D eigenvalue weighted by Crippen LogP contribution is 2.24. The molecule has 0 radical (unpaired) electrons. The van der Waals surface area contributed by atoms with Crippen molar-refractivity contribution in [3.8, 4) is 0 Å². The highest BCUT2D eigenvalue weighted by atomic mass is 79.9. The molecule has 58 heavy (non-hydrogen) atoms. The average molecular weight is 1090 g/mol. The molecule has 6 nitrogen and oxygen atoms in total. The first-order valence-electron chi connectivity index (χ1n) is 19.8. The molecule has 2 aromatic carbocycles. The van der Waals surface area contributed by atoms with E-state index in [2.05, 4.69) is 219 Å². The number of hydrogen-bond donors (Lipinski definition) is 2. The Morgan fingerprint density at radius 1 is 0.500 bits per heavy atom. The molecule has 2 unspecified atom stereocenters. The molecule has 4 rings (SSSR count). The average Bonchev–Trinajstić information content (AvgIpc) is 3.17. The fourth-order valence-electron chi connectivity index (χ4n) is 6.78. The Morgan fingerprint density at radius 3 is 1.19 bits per heavy atom. The standard InChI is InChI=1S/C46H66N6S2.4BrH/c1-47(2)41(17-13-35-51-33-11-9-15-45(51)29-23-39-19-25-43(26-20-39)49(5)6)31-37-53-54-38-32-42(48(3)4)18-14-36-52-34-12-10-16-46(52)30-24-40-21-27-44(28-22-40)50(7)8;;;;/h9-12,15-16,19-30,33-34,41-42H,13-14,17-18,31-32,35-38H2,1-8H3;4*1H/q+2;;;;/p-2. The van der Waals surface area contributed by atoms with Crippen molar-refractivity contribution < 1.29 is 86.9 Å². The lowest BCUT2D eigenvalue weighted by atomic mass is 10.1. The molecular formula is C46H68Br4N6S2. The minimum absolute atomic E-state index is 0. The maximum Gasteiger partial charge on any atom is 0.205 e. The van der Waals surface area contributed by atoms with Crippen molar-refractivity contribution in [2.24, 2.45) is 0 Å². The molecular weight excluding hydrogens is 1020 g/mol. The molecule has 0 fully saturated rings. The van der Waals surface area contributed by atoms with Crippen LogP contribution in [0.2, 0.25) is 0 Å². The molecule has 0 spiro atoms. The maximum absolute atomic E-state index is 2.40. The quantitative estimate of drug-likeness (QED) is 0.0440. The summed E-state index contributed by atoms with van der Waals surface area (Å²) in [6, 6.07) is 31.9. The topological polar surface area (TPSA) is 23.1 Å². The fourth-order valence-corrected chi connectivity index (χ4v) is 9.06.